The van der Waals surface area contributed by atoms with E-state index in [1.807, 2.05) is 18.3 Å². The summed E-state index contributed by atoms with van der Waals surface area (Å²) in [5.41, 5.74) is 6.32. The Morgan fingerprint density at radius 1 is 1.12 bits per heavy atom. The third kappa shape index (κ3) is 1.94. The molecule has 1 N–H and O–H groups in total. The number of hydrogen-bond donors (Lipinski definition) is 1. The summed E-state index contributed by atoms with van der Waals surface area (Å²) in [7, 11) is 0. The van der Waals surface area contributed by atoms with Crippen LogP contribution in [0.15, 0.2) is 53.7 Å². The van der Waals surface area contributed by atoms with Crippen molar-refractivity contribution in [1.29, 1.82) is 0 Å². The number of rotatable bonds is 2. The fourth-order valence-corrected chi connectivity index (χ4v) is 3.41. The van der Waals surface area contributed by atoms with Crippen LogP contribution in [0.1, 0.15) is 16.7 Å². The van der Waals surface area contributed by atoms with E-state index in [1.54, 1.807) is 4.90 Å². The molecule has 0 atom stereocenters. The third-order valence-corrected chi connectivity index (χ3v) is 4.66. The maximum atomic E-state index is 11.8. The number of carbonyl (C=O) groups is 1. The molecule has 24 heavy (non-hydrogen) atoms. The predicted octanol–water partition coefficient (Wildman–Crippen LogP) is 3.48. The van der Waals surface area contributed by atoms with Gasteiger partial charge in [-0.1, -0.05) is 18.2 Å². The number of anilines is 1. The van der Waals surface area contributed by atoms with Gasteiger partial charge in [-0.15, -0.1) is 0 Å². The average molecular weight is 317 g/mol. The molecule has 3 heterocycles. The smallest absolute Gasteiger partial charge is 0.414 e. The molecule has 1 aromatic heterocycles. The van der Waals surface area contributed by atoms with E-state index in [9.17, 15) is 4.79 Å². The van der Waals surface area contributed by atoms with Crippen LogP contribution in [0.4, 0.5) is 10.5 Å². The number of hydrogen-bond acceptors (Lipinski definition) is 3. The quantitative estimate of drug-likeness (QED) is 0.787. The molecule has 3 aromatic rings. The number of carbonyl (C=O) groups excluding carboxylic acids is 1. The lowest BCUT2D eigenvalue weighted by atomic mass is 9.98. The standard InChI is InChI=1S/C19H15N3O2/c23-19-22(7-8-24-19)15-4-3-14-11-21-18(16(14)10-15)13-2-1-12-5-6-20-17(12)9-13/h1-6,9-10,20H,7-8,11H2. The van der Waals surface area contributed by atoms with Crippen molar-refractivity contribution in [1.82, 2.24) is 4.98 Å². The summed E-state index contributed by atoms with van der Waals surface area (Å²) in [4.78, 5) is 21.4. The Morgan fingerprint density at radius 3 is 2.96 bits per heavy atom. The van der Waals surface area contributed by atoms with Crippen molar-refractivity contribution in [2.24, 2.45) is 4.99 Å². The van der Waals surface area contributed by atoms with Crippen LogP contribution in [0.25, 0.3) is 10.9 Å². The Labute approximate surface area is 138 Å². The molecule has 2 aliphatic rings. The van der Waals surface area contributed by atoms with Crippen LogP contribution in [0.2, 0.25) is 0 Å². The second-order valence-corrected chi connectivity index (χ2v) is 6.05. The summed E-state index contributed by atoms with van der Waals surface area (Å²) in [5.74, 6) is 0. The number of fused-ring (bicyclic) bond motifs is 2. The van der Waals surface area contributed by atoms with Gasteiger partial charge in [0.15, 0.2) is 0 Å². The summed E-state index contributed by atoms with van der Waals surface area (Å²) in [6.45, 7) is 1.72. The number of cyclic esters (lactones) is 1. The molecule has 5 rings (SSSR count). The SMILES string of the molecule is O=C1OCCN1c1ccc2c(c1)C(c1ccc3cc[nH]c3c1)=NC2. The number of aliphatic imine (C=N–C) groups is 1. The van der Waals surface area contributed by atoms with Crippen molar-refractivity contribution in [2.45, 2.75) is 6.54 Å². The number of aromatic amines is 1. The van der Waals surface area contributed by atoms with Gasteiger partial charge in [-0.25, -0.2) is 4.79 Å². The van der Waals surface area contributed by atoms with E-state index in [0.29, 0.717) is 19.7 Å². The Morgan fingerprint density at radius 2 is 2.08 bits per heavy atom. The highest BCUT2D eigenvalue weighted by Crippen LogP contribution is 2.29. The zero-order valence-electron chi connectivity index (χ0n) is 13.0. The first-order valence-corrected chi connectivity index (χ1v) is 7.99. The number of ether oxygens (including phenoxy) is 1. The molecule has 2 aliphatic heterocycles. The number of nitrogens with one attached hydrogen (secondary N) is 1. The third-order valence-electron chi connectivity index (χ3n) is 4.66. The van der Waals surface area contributed by atoms with E-state index in [4.69, 9.17) is 9.73 Å². The minimum atomic E-state index is -0.278. The zero-order chi connectivity index (χ0) is 16.1. The highest BCUT2D eigenvalue weighted by atomic mass is 16.6. The number of amides is 1. The molecule has 0 saturated carbocycles. The Balaban J connectivity index is 1.58. The highest BCUT2D eigenvalue weighted by Gasteiger charge is 2.26. The Bertz CT molecular complexity index is 1000. The second kappa shape index (κ2) is 4.96. The number of nitrogens with zero attached hydrogens (tertiary/aromatic N) is 2. The molecule has 0 spiro atoms. The van der Waals surface area contributed by atoms with E-state index in [1.165, 1.54) is 10.9 Å². The van der Waals surface area contributed by atoms with Crippen molar-refractivity contribution in [2.75, 3.05) is 18.1 Å². The second-order valence-electron chi connectivity index (χ2n) is 6.05. The van der Waals surface area contributed by atoms with Crippen LogP contribution < -0.4 is 4.90 Å². The predicted molar refractivity (Wildman–Crippen MR) is 92.8 cm³/mol. The van der Waals surface area contributed by atoms with Gasteiger partial charge in [-0.2, -0.15) is 0 Å². The molecule has 0 aliphatic carbocycles. The molecule has 118 valence electrons. The molecule has 1 fully saturated rings. The molecule has 0 radical (unpaired) electrons. The van der Waals surface area contributed by atoms with E-state index in [2.05, 4.69) is 35.3 Å². The molecule has 0 unspecified atom stereocenters. The molecule has 5 nitrogen and oxygen atoms in total. The monoisotopic (exact) mass is 317 g/mol. The van der Waals surface area contributed by atoms with Gasteiger partial charge < -0.3 is 9.72 Å². The van der Waals surface area contributed by atoms with Crippen LogP contribution in [-0.2, 0) is 11.3 Å². The first-order chi connectivity index (χ1) is 11.8. The first-order valence-electron chi connectivity index (χ1n) is 7.99. The van der Waals surface area contributed by atoms with Crippen LogP contribution in [0.3, 0.4) is 0 Å². The number of H-pyrrole nitrogens is 1. The first kappa shape index (κ1) is 13.4. The van der Waals surface area contributed by atoms with Crippen molar-refractivity contribution in [3.63, 3.8) is 0 Å². The van der Waals surface area contributed by atoms with Gasteiger partial charge in [0.1, 0.15) is 6.61 Å². The molecule has 1 saturated heterocycles. The van der Waals surface area contributed by atoms with Gasteiger partial charge in [-0.05, 0) is 35.2 Å². The fraction of sp³-hybridized carbons (Fsp3) is 0.158. The fourth-order valence-electron chi connectivity index (χ4n) is 3.41. The summed E-state index contributed by atoms with van der Waals surface area (Å²) >= 11 is 0. The summed E-state index contributed by atoms with van der Waals surface area (Å²) in [6, 6.07) is 14.5. The van der Waals surface area contributed by atoms with Crippen molar-refractivity contribution < 1.29 is 9.53 Å². The summed E-state index contributed by atoms with van der Waals surface area (Å²) in [6.07, 6.45) is 1.66. The highest BCUT2D eigenvalue weighted by molar-refractivity contribution is 6.16. The molecule has 1 amide bonds. The van der Waals surface area contributed by atoms with E-state index in [-0.39, 0.29) is 6.09 Å². The average Bonchev–Trinajstić information content (AvgIpc) is 3.32. The Kier molecular flexibility index (Phi) is 2.76. The van der Waals surface area contributed by atoms with Crippen LogP contribution >= 0.6 is 0 Å². The Hall–Kier alpha value is -3.08. The van der Waals surface area contributed by atoms with E-state index < -0.39 is 0 Å². The van der Waals surface area contributed by atoms with Gasteiger partial charge in [-0.3, -0.25) is 9.89 Å². The maximum absolute atomic E-state index is 11.8. The van der Waals surface area contributed by atoms with E-state index >= 15 is 0 Å². The van der Waals surface area contributed by atoms with Crippen LogP contribution in [0, 0.1) is 0 Å². The lowest BCUT2D eigenvalue weighted by Gasteiger charge is -2.14. The van der Waals surface area contributed by atoms with Crippen LogP contribution in [0.5, 0.6) is 0 Å². The molecule has 2 aromatic carbocycles. The van der Waals surface area contributed by atoms with Gasteiger partial charge in [0.05, 0.1) is 18.8 Å². The molecular formula is C19H15N3O2. The van der Waals surface area contributed by atoms with Gasteiger partial charge >= 0.3 is 6.09 Å². The summed E-state index contributed by atoms with van der Waals surface area (Å²) < 4.78 is 5.04. The lowest BCUT2D eigenvalue weighted by Crippen LogP contribution is -2.23. The summed E-state index contributed by atoms with van der Waals surface area (Å²) in [5, 5.41) is 1.19. The van der Waals surface area contributed by atoms with E-state index in [0.717, 1.165) is 28.0 Å². The molecular weight excluding hydrogens is 302 g/mol. The van der Waals surface area contributed by atoms with Crippen molar-refractivity contribution in [3.8, 4) is 0 Å². The van der Waals surface area contributed by atoms with Crippen molar-refractivity contribution in [3.05, 3.63) is 65.4 Å². The van der Waals surface area contributed by atoms with Crippen LogP contribution in [-0.4, -0.2) is 29.9 Å². The zero-order valence-corrected chi connectivity index (χ0v) is 13.0. The van der Waals surface area contributed by atoms with Gasteiger partial charge in [0, 0.05) is 28.5 Å². The number of benzene rings is 2. The van der Waals surface area contributed by atoms with Crippen molar-refractivity contribution >= 4 is 28.4 Å². The van der Waals surface area contributed by atoms with Gasteiger partial charge in [0.25, 0.3) is 0 Å². The normalized spacial score (nSPS) is 16.4. The largest absolute Gasteiger partial charge is 0.447 e. The molecule has 5 heteroatoms. The maximum Gasteiger partial charge on any atom is 0.414 e. The topological polar surface area (TPSA) is 57.7 Å². The number of aromatic nitrogens is 1. The molecule has 0 bridgehead atoms. The lowest BCUT2D eigenvalue weighted by molar-refractivity contribution is 0.181. The van der Waals surface area contributed by atoms with Gasteiger partial charge in [0.2, 0.25) is 0 Å². The minimum Gasteiger partial charge on any atom is -0.447 e. The minimum absolute atomic E-state index is 0.278.